The van der Waals surface area contributed by atoms with E-state index in [0.29, 0.717) is 30.2 Å². The van der Waals surface area contributed by atoms with E-state index in [2.05, 4.69) is 0 Å². The molecule has 0 saturated carbocycles. The third-order valence-electron chi connectivity index (χ3n) is 4.20. The molecule has 0 aliphatic carbocycles. The fraction of sp³-hybridized carbons (Fsp3) is 0.261. The van der Waals surface area contributed by atoms with Crippen LogP contribution in [0.2, 0.25) is 0 Å². The summed E-state index contributed by atoms with van der Waals surface area (Å²) in [5.41, 5.74) is 1.59. The van der Waals surface area contributed by atoms with E-state index in [1.165, 1.54) is 0 Å². The molecule has 0 atom stereocenters. The van der Waals surface area contributed by atoms with E-state index in [9.17, 15) is 4.79 Å². The molecule has 0 aliphatic rings. The molecule has 5 nitrogen and oxygen atoms in total. The van der Waals surface area contributed by atoms with Crippen molar-refractivity contribution in [3.63, 3.8) is 0 Å². The SMILES string of the molecule is COc1cc(C(=O)N(Cc2ccccc2)Cc2ccco2)ccc1OC(C)C. The molecule has 28 heavy (non-hydrogen) atoms. The third kappa shape index (κ3) is 4.94. The van der Waals surface area contributed by atoms with Gasteiger partial charge >= 0.3 is 0 Å². The molecule has 0 unspecified atom stereocenters. The summed E-state index contributed by atoms with van der Waals surface area (Å²) in [4.78, 5) is 15.0. The third-order valence-corrected chi connectivity index (χ3v) is 4.20. The van der Waals surface area contributed by atoms with Gasteiger partial charge in [-0.3, -0.25) is 4.79 Å². The number of carbonyl (C=O) groups excluding carboxylic acids is 1. The molecule has 1 heterocycles. The van der Waals surface area contributed by atoms with Gasteiger partial charge in [-0.1, -0.05) is 30.3 Å². The van der Waals surface area contributed by atoms with Crippen molar-refractivity contribution in [2.45, 2.75) is 33.0 Å². The molecule has 0 fully saturated rings. The number of furan rings is 1. The number of hydrogen-bond acceptors (Lipinski definition) is 4. The minimum absolute atomic E-state index is 0.0176. The monoisotopic (exact) mass is 379 g/mol. The van der Waals surface area contributed by atoms with Gasteiger partial charge in [0.25, 0.3) is 5.91 Å². The smallest absolute Gasteiger partial charge is 0.254 e. The van der Waals surface area contributed by atoms with Crippen LogP contribution in [0.1, 0.15) is 35.5 Å². The van der Waals surface area contributed by atoms with Gasteiger partial charge in [0.1, 0.15) is 5.76 Å². The van der Waals surface area contributed by atoms with Crippen LogP contribution in [0.5, 0.6) is 11.5 Å². The van der Waals surface area contributed by atoms with Gasteiger partial charge in [0.15, 0.2) is 11.5 Å². The summed E-state index contributed by atoms with van der Waals surface area (Å²) >= 11 is 0. The Morgan fingerprint density at radius 3 is 2.43 bits per heavy atom. The molecule has 0 saturated heterocycles. The summed E-state index contributed by atoms with van der Waals surface area (Å²) in [7, 11) is 1.57. The predicted octanol–water partition coefficient (Wildman–Crippen LogP) is 4.92. The number of methoxy groups -OCH3 is 1. The van der Waals surface area contributed by atoms with Crippen LogP contribution in [0, 0.1) is 0 Å². The Labute approximate surface area is 165 Å². The largest absolute Gasteiger partial charge is 0.493 e. The Kier molecular flexibility index (Phi) is 6.37. The number of ether oxygens (including phenoxy) is 2. The van der Waals surface area contributed by atoms with E-state index >= 15 is 0 Å². The number of nitrogens with zero attached hydrogens (tertiary/aromatic N) is 1. The van der Waals surface area contributed by atoms with Gasteiger partial charge in [0, 0.05) is 12.1 Å². The van der Waals surface area contributed by atoms with Crippen molar-refractivity contribution in [3.8, 4) is 11.5 Å². The van der Waals surface area contributed by atoms with E-state index < -0.39 is 0 Å². The number of benzene rings is 2. The Bertz CT molecular complexity index is 888. The van der Waals surface area contributed by atoms with Crippen molar-refractivity contribution >= 4 is 5.91 Å². The van der Waals surface area contributed by atoms with Crippen LogP contribution in [0.3, 0.4) is 0 Å². The molecule has 3 rings (SSSR count). The zero-order chi connectivity index (χ0) is 19.9. The summed E-state index contributed by atoms with van der Waals surface area (Å²) in [5.74, 6) is 1.79. The van der Waals surface area contributed by atoms with E-state index in [0.717, 1.165) is 11.3 Å². The maximum absolute atomic E-state index is 13.3. The lowest BCUT2D eigenvalue weighted by atomic mass is 10.1. The second kappa shape index (κ2) is 9.13. The van der Waals surface area contributed by atoms with Crippen LogP contribution < -0.4 is 9.47 Å². The average Bonchev–Trinajstić information content (AvgIpc) is 3.21. The summed E-state index contributed by atoms with van der Waals surface area (Å²) in [6.45, 7) is 4.76. The molecule has 146 valence electrons. The summed E-state index contributed by atoms with van der Waals surface area (Å²) in [5, 5.41) is 0. The average molecular weight is 379 g/mol. The lowest BCUT2D eigenvalue weighted by molar-refractivity contribution is 0.0717. The van der Waals surface area contributed by atoms with Gasteiger partial charge in [0.2, 0.25) is 0 Å². The van der Waals surface area contributed by atoms with Crippen molar-refractivity contribution in [1.82, 2.24) is 4.90 Å². The van der Waals surface area contributed by atoms with Crippen LogP contribution in [0.15, 0.2) is 71.3 Å². The molecular weight excluding hydrogens is 354 g/mol. The fourth-order valence-corrected chi connectivity index (χ4v) is 2.93. The van der Waals surface area contributed by atoms with Gasteiger partial charge in [-0.25, -0.2) is 0 Å². The highest BCUT2D eigenvalue weighted by molar-refractivity contribution is 5.94. The van der Waals surface area contributed by atoms with E-state index in [1.54, 1.807) is 36.5 Å². The van der Waals surface area contributed by atoms with Crippen molar-refractivity contribution < 1.29 is 18.7 Å². The number of carbonyl (C=O) groups is 1. The summed E-state index contributed by atoms with van der Waals surface area (Å²) in [6, 6.07) is 18.8. The molecular formula is C23H25NO4. The van der Waals surface area contributed by atoms with Crippen molar-refractivity contribution in [2.75, 3.05) is 7.11 Å². The first kappa shape index (κ1) is 19.5. The van der Waals surface area contributed by atoms with Gasteiger partial charge in [-0.15, -0.1) is 0 Å². The highest BCUT2D eigenvalue weighted by Crippen LogP contribution is 2.30. The van der Waals surface area contributed by atoms with Crippen LogP contribution in [0.4, 0.5) is 0 Å². The molecule has 5 heteroatoms. The Balaban J connectivity index is 1.87. The maximum atomic E-state index is 13.3. The normalized spacial score (nSPS) is 10.7. The zero-order valence-electron chi connectivity index (χ0n) is 16.4. The first-order chi connectivity index (χ1) is 13.6. The zero-order valence-corrected chi connectivity index (χ0v) is 16.4. The Hall–Kier alpha value is -3.21. The summed E-state index contributed by atoms with van der Waals surface area (Å²) < 4.78 is 16.6. The molecule has 3 aromatic rings. The lowest BCUT2D eigenvalue weighted by Crippen LogP contribution is -2.30. The first-order valence-electron chi connectivity index (χ1n) is 9.27. The van der Waals surface area contributed by atoms with Crippen LogP contribution in [-0.2, 0) is 13.1 Å². The standard InChI is InChI=1S/C23H25NO4/c1-17(2)28-21-12-11-19(14-22(21)26-3)23(25)24(16-20-10-7-13-27-20)15-18-8-5-4-6-9-18/h4-14,17H,15-16H2,1-3H3. The fourth-order valence-electron chi connectivity index (χ4n) is 2.93. The Morgan fingerprint density at radius 2 is 1.79 bits per heavy atom. The van der Waals surface area contributed by atoms with Crippen molar-refractivity contribution in [2.24, 2.45) is 0 Å². The molecule has 1 amide bonds. The first-order valence-corrected chi connectivity index (χ1v) is 9.27. The van der Waals surface area contributed by atoms with Gasteiger partial charge < -0.3 is 18.8 Å². The predicted molar refractivity (Wildman–Crippen MR) is 107 cm³/mol. The second-order valence-electron chi connectivity index (χ2n) is 6.76. The van der Waals surface area contributed by atoms with Crippen LogP contribution in [-0.4, -0.2) is 24.0 Å². The molecule has 1 aromatic heterocycles. The summed E-state index contributed by atoms with van der Waals surface area (Å²) in [6.07, 6.45) is 1.63. The molecule has 0 N–H and O–H groups in total. The lowest BCUT2D eigenvalue weighted by Gasteiger charge is -2.23. The maximum Gasteiger partial charge on any atom is 0.254 e. The molecule has 0 radical (unpaired) electrons. The molecule has 0 bridgehead atoms. The van der Waals surface area contributed by atoms with Gasteiger partial charge in [-0.2, -0.15) is 0 Å². The van der Waals surface area contributed by atoms with Gasteiger partial charge in [-0.05, 0) is 49.7 Å². The Morgan fingerprint density at radius 1 is 1.00 bits per heavy atom. The van der Waals surface area contributed by atoms with Crippen LogP contribution in [0.25, 0.3) is 0 Å². The van der Waals surface area contributed by atoms with Crippen molar-refractivity contribution in [1.29, 1.82) is 0 Å². The molecule has 2 aromatic carbocycles. The highest BCUT2D eigenvalue weighted by Gasteiger charge is 2.20. The highest BCUT2D eigenvalue weighted by atomic mass is 16.5. The molecule has 0 spiro atoms. The quantitative estimate of drug-likeness (QED) is 0.558. The second-order valence-corrected chi connectivity index (χ2v) is 6.76. The number of amides is 1. The number of rotatable bonds is 8. The van der Waals surface area contributed by atoms with Crippen LogP contribution >= 0.6 is 0 Å². The topological polar surface area (TPSA) is 51.9 Å². The minimum Gasteiger partial charge on any atom is -0.493 e. The van der Waals surface area contributed by atoms with E-state index in [-0.39, 0.29) is 12.0 Å². The van der Waals surface area contributed by atoms with Gasteiger partial charge in [0.05, 0.1) is 26.0 Å². The van der Waals surface area contributed by atoms with E-state index in [4.69, 9.17) is 13.9 Å². The number of hydrogen-bond donors (Lipinski definition) is 0. The van der Waals surface area contributed by atoms with E-state index in [1.807, 2.05) is 56.3 Å². The minimum atomic E-state index is -0.102. The van der Waals surface area contributed by atoms with Crippen molar-refractivity contribution in [3.05, 3.63) is 83.8 Å². The molecule has 0 aliphatic heterocycles.